The molecule has 88 valence electrons. The van der Waals surface area contributed by atoms with Crippen LogP contribution in [0.3, 0.4) is 0 Å². The van der Waals surface area contributed by atoms with Crippen LogP contribution in [0.15, 0.2) is 18.3 Å². The summed E-state index contributed by atoms with van der Waals surface area (Å²) in [6.45, 7) is 0. The first-order valence-corrected chi connectivity index (χ1v) is 5.67. The van der Waals surface area contributed by atoms with Crippen LogP contribution in [-0.2, 0) is 0 Å². The molecule has 2 unspecified atom stereocenters. The third-order valence-corrected chi connectivity index (χ3v) is 2.99. The van der Waals surface area contributed by atoms with Crippen LogP contribution in [0.5, 0.6) is 0 Å². The Labute approximate surface area is 95.0 Å². The Hall–Kier alpha value is -1.33. The molecule has 1 heterocycles. The minimum Gasteiger partial charge on any atom is -0.391 e. The van der Waals surface area contributed by atoms with Gasteiger partial charge in [-0.25, -0.2) is 10.8 Å². The SMILES string of the molecule is NNc1cc(NC2CCCCC2O)ccn1. The number of aliphatic hydroxyl groups is 1. The summed E-state index contributed by atoms with van der Waals surface area (Å²) in [6.07, 6.45) is 5.61. The van der Waals surface area contributed by atoms with Gasteiger partial charge in [0.1, 0.15) is 5.82 Å². The lowest BCUT2D eigenvalue weighted by atomic mass is 9.92. The lowest BCUT2D eigenvalue weighted by Crippen LogP contribution is -2.36. The molecule has 0 spiro atoms. The van der Waals surface area contributed by atoms with Gasteiger partial charge in [-0.1, -0.05) is 12.8 Å². The van der Waals surface area contributed by atoms with Gasteiger partial charge in [-0.3, -0.25) is 0 Å². The minimum atomic E-state index is -0.254. The van der Waals surface area contributed by atoms with Gasteiger partial charge in [0.2, 0.25) is 0 Å². The lowest BCUT2D eigenvalue weighted by Gasteiger charge is -2.29. The van der Waals surface area contributed by atoms with Gasteiger partial charge in [0, 0.05) is 18.0 Å². The second-order valence-electron chi connectivity index (χ2n) is 4.18. The summed E-state index contributed by atoms with van der Waals surface area (Å²) < 4.78 is 0. The number of hydrogen-bond donors (Lipinski definition) is 4. The molecule has 16 heavy (non-hydrogen) atoms. The van der Waals surface area contributed by atoms with Crippen LogP contribution in [0.1, 0.15) is 25.7 Å². The number of nitrogens with two attached hydrogens (primary N) is 1. The van der Waals surface area contributed by atoms with Gasteiger partial charge in [0.15, 0.2) is 0 Å². The Balaban J connectivity index is 2.01. The Morgan fingerprint density at radius 1 is 1.38 bits per heavy atom. The maximum atomic E-state index is 9.84. The van der Waals surface area contributed by atoms with E-state index in [1.165, 1.54) is 6.42 Å². The van der Waals surface area contributed by atoms with Crippen molar-refractivity contribution < 1.29 is 5.11 Å². The number of rotatable bonds is 3. The molecule has 2 rings (SSSR count). The van der Waals surface area contributed by atoms with Gasteiger partial charge in [-0.2, -0.15) is 0 Å². The highest BCUT2D eigenvalue weighted by Gasteiger charge is 2.22. The molecule has 0 bridgehead atoms. The first kappa shape index (κ1) is 11.2. The maximum absolute atomic E-state index is 9.84. The number of hydrazine groups is 1. The number of nitrogen functional groups attached to an aromatic ring is 1. The van der Waals surface area contributed by atoms with Crippen molar-refractivity contribution in [1.82, 2.24) is 4.98 Å². The first-order valence-electron chi connectivity index (χ1n) is 5.67. The smallest absolute Gasteiger partial charge is 0.141 e. The van der Waals surface area contributed by atoms with Gasteiger partial charge >= 0.3 is 0 Å². The van der Waals surface area contributed by atoms with Gasteiger partial charge in [-0.15, -0.1) is 0 Å². The Morgan fingerprint density at radius 3 is 2.94 bits per heavy atom. The lowest BCUT2D eigenvalue weighted by molar-refractivity contribution is 0.116. The van der Waals surface area contributed by atoms with Crippen LogP contribution in [0.25, 0.3) is 0 Å². The number of nitrogens with one attached hydrogen (secondary N) is 2. The van der Waals surface area contributed by atoms with Gasteiger partial charge in [0.25, 0.3) is 0 Å². The predicted molar refractivity (Wildman–Crippen MR) is 63.9 cm³/mol. The fraction of sp³-hybridized carbons (Fsp3) is 0.545. The molecule has 0 radical (unpaired) electrons. The van der Waals surface area contributed by atoms with Crippen LogP contribution in [0.2, 0.25) is 0 Å². The minimum absolute atomic E-state index is 0.141. The quantitative estimate of drug-likeness (QED) is 0.454. The normalized spacial score (nSPS) is 25.1. The van der Waals surface area contributed by atoms with E-state index in [-0.39, 0.29) is 12.1 Å². The van der Waals surface area contributed by atoms with Crippen molar-refractivity contribution in [3.8, 4) is 0 Å². The highest BCUT2D eigenvalue weighted by molar-refractivity contribution is 5.52. The molecule has 0 aromatic carbocycles. The zero-order chi connectivity index (χ0) is 11.4. The molecule has 1 fully saturated rings. The summed E-state index contributed by atoms with van der Waals surface area (Å²) in [7, 11) is 0. The van der Waals surface area contributed by atoms with Crippen molar-refractivity contribution in [2.75, 3.05) is 10.7 Å². The Morgan fingerprint density at radius 2 is 2.19 bits per heavy atom. The molecule has 1 aromatic heterocycles. The Bertz CT molecular complexity index is 345. The second-order valence-corrected chi connectivity index (χ2v) is 4.18. The van der Waals surface area contributed by atoms with E-state index in [1.807, 2.05) is 12.1 Å². The summed E-state index contributed by atoms with van der Waals surface area (Å²) in [6, 6.07) is 3.85. The van der Waals surface area contributed by atoms with Crippen LogP contribution in [0.4, 0.5) is 11.5 Å². The van der Waals surface area contributed by atoms with Crippen molar-refractivity contribution >= 4 is 11.5 Å². The van der Waals surface area contributed by atoms with Crippen LogP contribution in [0, 0.1) is 0 Å². The van der Waals surface area contributed by atoms with Crippen molar-refractivity contribution in [3.63, 3.8) is 0 Å². The van der Waals surface area contributed by atoms with Crippen molar-refractivity contribution in [2.24, 2.45) is 5.84 Å². The van der Waals surface area contributed by atoms with Crippen molar-refractivity contribution in [2.45, 2.75) is 37.8 Å². The van der Waals surface area contributed by atoms with E-state index in [0.717, 1.165) is 24.9 Å². The van der Waals surface area contributed by atoms with Gasteiger partial charge in [-0.05, 0) is 18.9 Å². The van der Waals surface area contributed by atoms with E-state index in [4.69, 9.17) is 5.84 Å². The average Bonchev–Trinajstić information content (AvgIpc) is 2.32. The number of aliphatic hydroxyl groups excluding tert-OH is 1. The summed E-state index contributed by atoms with van der Waals surface area (Å²) in [5.41, 5.74) is 3.44. The maximum Gasteiger partial charge on any atom is 0.141 e. The molecular formula is C11H18N4O. The number of aromatic nitrogens is 1. The number of nitrogens with zero attached hydrogens (tertiary/aromatic N) is 1. The molecule has 1 aliphatic rings. The zero-order valence-corrected chi connectivity index (χ0v) is 9.19. The average molecular weight is 222 g/mol. The number of pyridine rings is 1. The van der Waals surface area contributed by atoms with Crippen LogP contribution >= 0.6 is 0 Å². The van der Waals surface area contributed by atoms with Gasteiger partial charge < -0.3 is 15.8 Å². The van der Waals surface area contributed by atoms with E-state index in [9.17, 15) is 5.11 Å². The highest BCUT2D eigenvalue weighted by Crippen LogP contribution is 2.22. The second kappa shape index (κ2) is 5.14. The van der Waals surface area contributed by atoms with Crippen LogP contribution < -0.4 is 16.6 Å². The molecule has 2 atom stereocenters. The summed E-state index contributed by atoms with van der Waals surface area (Å²) in [5.74, 6) is 5.91. The van der Waals surface area contributed by atoms with Crippen LogP contribution in [-0.4, -0.2) is 22.2 Å². The molecule has 0 saturated heterocycles. The molecule has 1 aromatic rings. The summed E-state index contributed by atoms with van der Waals surface area (Å²) in [4.78, 5) is 4.03. The van der Waals surface area contributed by atoms with Gasteiger partial charge in [0.05, 0.1) is 12.1 Å². The fourth-order valence-corrected chi connectivity index (χ4v) is 2.09. The standard InChI is InChI=1S/C11H18N4O/c12-15-11-7-8(5-6-13-11)14-9-3-1-2-4-10(9)16/h5-7,9-10,16H,1-4,12H2,(H2,13,14,15). The van der Waals surface area contributed by atoms with E-state index in [2.05, 4.69) is 15.7 Å². The zero-order valence-electron chi connectivity index (χ0n) is 9.19. The van der Waals surface area contributed by atoms with E-state index in [0.29, 0.717) is 5.82 Å². The third kappa shape index (κ3) is 2.62. The Kier molecular flexibility index (Phi) is 3.58. The summed E-state index contributed by atoms with van der Waals surface area (Å²) >= 11 is 0. The topological polar surface area (TPSA) is 83.2 Å². The fourth-order valence-electron chi connectivity index (χ4n) is 2.09. The van der Waals surface area contributed by atoms with Crippen molar-refractivity contribution in [3.05, 3.63) is 18.3 Å². The molecule has 0 aliphatic heterocycles. The van der Waals surface area contributed by atoms with Crippen molar-refractivity contribution in [1.29, 1.82) is 0 Å². The molecule has 1 saturated carbocycles. The number of hydrogen-bond acceptors (Lipinski definition) is 5. The molecule has 1 aliphatic carbocycles. The molecule has 5 heteroatoms. The first-order chi connectivity index (χ1) is 7.79. The molecule has 5 nitrogen and oxygen atoms in total. The summed E-state index contributed by atoms with van der Waals surface area (Å²) in [5, 5.41) is 13.2. The largest absolute Gasteiger partial charge is 0.391 e. The van der Waals surface area contributed by atoms with E-state index in [1.54, 1.807) is 6.20 Å². The molecule has 0 amide bonds. The predicted octanol–water partition coefficient (Wildman–Crippen LogP) is 1.08. The van der Waals surface area contributed by atoms with E-state index >= 15 is 0 Å². The van der Waals surface area contributed by atoms with E-state index < -0.39 is 0 Å². The molecule has 5 N–H and O–H groups in total. The third-order valence-electron chi connectivity index (χ3n) is 2.99. The number of anilines is 2. The molecular weight excluding hydrogens is 204 g/mol. The monoisotopic (exact) mass is 222 g/mol. The highest BCUT2D eigenvalue weighted by atomic mass is 16.3.